The van der Waals surface area contributed by atoms with E-state index in [2.05, 4.69) is 15.3 Å². The molecule has 8 nitrogen and oxygen atoms in total. The molecule has 0 aromatic carbocycles. The van der Waals surface area contributed by atoms with Gasteiger partial charge in [0.2, 0.25) is 0 Å². The van der Waals surface area contributed by atoms with E-state index in [1.165, 1.54) is 17.2 Å². The number of carboxylic acid groups (broad SMARTS) is 2. The van der Waals surface area contributed by atoms with Gasteiger partial charge in [-0.1, -0.05) is 6.08 Å². The van der Waals surface area contributed by atoms with Gasteiger partial charge >= 0.3 is 12.1 Å². The number of allylic oxidation sites excluding steroid dienone is 1. The van der Waals surface area contributed by atoms with Crippen LogP contribution in [0.3, 0.4) is 0 Å². The maximum atomic E-state index is 11.6. The van der Waals surface area contributed by atoms with E-state index < -0.39 is 12.1 Å². The fourth-order valence-electron chi connectivity index (χ4n) is 3.78. The van der Waals surface area contributed by atoms with E-state index in [0.29, 0.717) is 30.6 Å². The second-order valence-electron chi connectivity index (χ2n) is 7.38. The molecule has 1 aliphatic carbocycles. The lowest BCUT2D eigenvalue weighted by atomic mass is 9.81. The number of carboxylic acids is 1. The summed E-state index contributed by atoms with van der Waals surface area (Å²) in [7, 11) is 0. The number of amides is 1. The number of carbonyl (C=O) groups is 2. The van der Waals surface area contributed by atoms with Gasteiger partial charge in [0.15, 0.2) is 0 Å². The van der Waals surface area contributed by atoms with Crippen LogP contribution < -0.4 is 5.32 Å². The number of aromatic carboxylic acids is 1. The molecular formula is C20H26N4O4. The van der Waals surface area contributed by atoms with E-state index in [0.717, 1.165) is 32.2 Å². The molecule has 1 atom stereocenters. The SMILES string of the molecule is O=C(O)c1ccc(NCC2CCC(CN(C(=O)O)C3CC=CC=N3)CC2)nc1. The van der Waals surface area contributed by atoms with Crippen molar-refractivity contribution in [3.05, 3.63) is 36.0 Å². The van der Waals surface area contributed by atoms with E-state index in [9.17, 15) is 14.7 Å². The monoisotopic (exact) mass is 386 g/mol. The van der Waals surface area contributed by atoms with Gasteiger partial charge in [-0.3, -0.25) is 9.89 Å². The molecule has 2 heterocycles. The van der Waals surface area contributed by atoms with Crippen LogP contribution in [0.4, 0.5) is 10.6 Å². The number of pyridine rings is 1. The van der Waals surface area contributed by atoms with Crippen LogP contribution >= 0.6 is 0 Å². The Kier molecular flexibility index (Phi) is 6.62. The van der Waals surface area contributed by atoms with Crippen LogP contribution in [0, 0.1) is 11.8 Å². The van der Waals surface area contributed by atoms with E-state index in [4.69, 9.17) is 5.11 Å². The van der Waals surface area contributed by atoms with Gasteiger partial charge in [0.05, 0.1) is 5.56 Å². The van der Waals surface area contributed by atoms with E-state index in [1.54, 1.807) is 12.3 Å². The third kappa shape index (κ3) is 5.31. The minimum atomic E-state index is -0.984. The first-order valence-corrected chi connectivity index (χ1v) is 9.64. The molecule has 1 unspecified atom stereocenters. The standard InChI is InChI=1S/C20H26N4O4/c25-19(26)16-8-9-17(23-12-16)22-11-14-4-6-15(7-5-14)13-24(20(27)28)18-3-1-2-10-21-18/h1-2,8-10,12,14-15,18H,3-7,11,13H2,(H,22,23)(H,25,26)(H,27,28). The maximum Gasteiger partial charge on any atom is 0.409 e. The summed E-state index contributed by atoms with van der Waals surface area (Å²) >= 11 is 0. The molecule has 1 aromatic heterocycles. The molecule has 3 N–H and O–H groups in total. The first-order chi connectivity index (χ1) is 13.5. The van der Waals surface area contributed by atoms with Crippen molar-refractivity contribution in [3.8, 4) is 0 Å². The van der Waals surface area contributed by atoms with Crippen molar-refractivity contribution in [2.45, 2.75) is 38.3 Å². The van der Waals surface area contributed by atoms with Crippen LogP contribution in [0.5, 0.6) is 0 Å². The second kappa shape index (κ2) is 9.34. The summed E-state index contributed by atoms with van der Waals surface area (Å²) in [5.74, 6) is 0.558. The van der Waals surface area contributed by atoms with E-state index >= 15 is 0 Å². The summed E-state index contributed by atoms with van der Waals surface area (Å²) in [5.41, 5.74) is 0.173. The van der Waals surface area contributed by atoms with Crippen molar-refractivity contribution in [3.63, 3.8) is 0 Å². The summed E-state index contributed by atoms with van der Waals surface area (Å²) in [6.45, 7) is 1.32. The van der Waals surface area contributed by atoms with Crippen molar-refractivity contribution in [2.75, 3.05) is 18.4 Å². The van der Waals surface area contributed by atoms with Crippen molar-refractivity contribution in [1.29, 1.82) is 0 Å². The van der Waals surface area contributed by atoms with Gasteiger partial charge in [0.1, 0.15) is 12.0 Å². The summed E-state index contributed by atoms with van der Waals surface area (Å²) in [6, 6.07) is 3.22. The number of dihydropyridines is 1. The topological polar surface area (TPSA) is 115 Å². The largest absolute Gasteiger partial charge is 0.478 e. The molecule has 2 aliphatic rings. The lowest BCUT2D eigenvalue weighted by molar-refractivity contribution is 0.0696. The number of hydrogen-bond acceptors (Lipinski definition) is 5. The van der Waals surface area contributed by atoms with Crippen LogP contribution in [0.2, 0.25) is 0 Å². The lowest BCUT2D eigenvalue weighted by Crippen LogP contribution is -2.42. The molecule has 1 aromatic rings. The molecule has 0 spiro atoms. The number of nitrogens with one attached hydrogen (secondary N) is 1. The Bertz CT molecular complexity index is 739. The summed E-state index contributed by atoms with van der Waals surface area (Å²) in [6.07, 6.45) is 10.3. The molecule has 3 rings (SSSR count). The fourth-order valence-corrected chi connectivity index (χ4v) is 3.78. The molecular weight excluding hydrogens is 360 g/mol. The Hall–Kier alpha value is -2.90. The molecule has 1 aliphatic heterocycles. The normalized spacial score (nSPS) is 23.9. The molecule has 28 heavy (non-hydrogen) atoms. The van der Waals surface area contributed by atoms with Gasteiger partial charge in [0, 0.05) is 31.9 Å². The number of nitrogens with zero attached hydrogens (tertiary/aromatic N) is 3. The Morgan fingerprint density at radius 1 is 1.14 bits per heavy atom. The summed E-state index contributed by atoms with van der Waals surface area (Å²) < 4.78 is 0. The lowest BCUT2D eigenvalue weighted by Gasteiger charge is -2.34. The predicted octanol–water partition coefficient (Wildman–Crippen LogP) is 3.33. The van der Waals surface area contributed by atoms with Crippen LogP contribution in [0.1, 0.15) is 42.5 Å². The van der Waals surface area contributed by atoms with E-state index in [1.807, 2.05) is 12.2 Å². The Morgan fingerprint density at radius 3 is 2.46 bits per heavy atom. The Labute approximate surface area is 164 Å². The summed E-state index contributed by atoms with van der Waals surface area (Å²) in [5, 5.41) is 21.7. The minimum absolute atomic E-state index is 0.173. The zero-order valence-corrected chi connectivity index (χ0v) is 15.7. The highest BCUT2D eigenvalue weighted by Crippen LogP contribution is 2.30. The number of aliphatic imine (C=N–C) groups is 1. The van der Waals surface area contributed by atoms with Gasteiger partial charge in [-0.05, 0) is 55.7 Å². The number of hydrogen-bond donors (Lipinski definition) is 3. The Morgan fingerprint density at radius 2 is 1.89 bits per heavy atom. The quantitative estimate of drug-likeness (QED) is 0.662. The van der Waals surface area contributed by atoms with Crippen LogP contribution in [0.15, 0.2) is 35.5 Å². The van der Waals surface area contributed by atoms with Crippen molar-refractivity contribution in [1.82, 2.24) is 9.88 Å². The smallest absolute Gasteiger partial charge is 0.409 e. The predicted molar refractivity (Wildman–Crippen MR) is 106 cm³/mol. The molecule has 0 radical (unpaired) electrons. The average molecular weight is 386 g/mol. The number of anilines is 1. The summed E-state index contributed by atoms with van der Waals surface area (Å²) in [4.78, 5) is 32.4. The van der Waals surface area contributed by atoms with Crippen molar-refractivity contribution >= 4 is 24.1 Å². The molecule has 1 saturated carbocycles. The van der Waals surface area contributed by atoms with Crippen LogP contribution in [-0.2, 0) is 0 Å². The minimum Gasteiger partial charge on any atom is -0.478 e. The first-order valence-electron chi connectivity index (χ1n) is 9.64. The maximum absolute atomic E-state index is 11.6. The molecule has 1 fully saturated rings. The second-order valence-corrected chi connectivity index (χ2v) is 7.38. The fraction of sp³-hybridized carbons (Fsp3) is 0.500. The van der Waals surface area contributed by atoms with Crippen LogP contribution in [-0.4, -0.2) is 57.6 Å². The van der Waals surface area contributed by atoms with Gasteiger partial charge in [-0.25, -0.2) is 14.6 Å². The molecule has 150 valence electrons. The third-order valence-electron chi connectivity index (χ3n) is 5.44. The zero-order chi connectivity index (χ0) is 19.9. The molecule has 1 amide bonds. The number of aromatic nitrogens is 1. The van der Waals surface area contributed by atoms with Gasteiger partial charge in [-0.2, -0.15) is 0 Å². The van der Waals surface area contributed by atoms with Crippen LogP contribution in [0.25, 0.3) is 0 Å². The first kappa shape index (κ1) is 19.9. The number of rotatable bonds is 7. The van der Waals surface area contributed by atoms with Gasteiger partial charge < -0.3 is 15.5 Å². The zero-order valence-electron chi connectivity index (χ0n) is 15.7. The van der Waals surface area contributed by atoms with Crippen molar-refractivity contribution < 1.29 is 19.8 Å². The van der Waals surface area contributed by atoms with Crippen molar-refractivity contribution in [2.24, 2.45) is 16.8 Å². The Balaban J connectivity index is 1.43. The highest BCUT2D eigenvalue weighted by Gasteiger charge is 2.28. The molecule has 8 heteroatoms. The molecule has 0 bridgehead atoms. The highest BCUT2D eigenvalue weighted by molar-refractivity contribution is 5.87. The third-order valence-corrected chi connectivity index (χ3v) is 5.44. The highest BCUT2D eigenvalue weighted by atomic mass is 16.4. The van der Waals surface area contributed by atoms with E-state index in [-0.39, 0.29) is 11.7 Å². The average Bonchev–Trinajstić information content (AvgIpc) is 2.72. The van der Waals surface area contributed by atoms with Gasteiger partial charge in [0.25, 0.3) is 0 Å². The molecule has 0 saturated heterocycles. The van der Waals surface area contributed by atoms with Gasteiger partial charge in [-0.15, -0.1) is 0 Å².